The van der Waals surface area contributed by atoms with Crippen LogP contribution >= 0.6 is 0 Å². The first kappa shape index (κ1) is 13.4. The fourth-order valence-electron chi connectivity index (χ4n) is 2.04. The topological polar surface area (TPSA) is 101 Å². The number of benzene rings is 1. The van der Waals surface area contributed by atoms with Crippen LogP contribution in [0, 0.1) is 0 Å². The molecule has 0 fully saturated rings. The third-order valence-corrected chi connectivity index (χ3v) is 2.90. The summed E-state index contributed by atoms with van der Waals surface area (Å²) in [6.07, 6.45) is -0.202. The zero-order valence-electron chi connectivity index (χ0n) is 10.2. The highest BCUT2D eigenvalue weighted by Crippen LogP contribution is 2.31. The van der Waals surface area contributed by atoms with E-state index in [1.165, 1.54) is 18.2 Å². The Morgan fingerprint density at radius 2 is 1.95 bits per heavy atom. The Balaban J connectivity index is 2.44. The Bertz CT molecular complexity index is 572. The molecule has 6 heteroatoms. The van der Waals surface area contributed by atoms with Crippen molar-refractivity contribution < 1.29 is 29.3 Å². The average molecular weight is 264 g/mol. The van der Waals surface area contributed by atoms with Crippen molar-refractivity contribution in [2.24, 2.45) is 0 Å². The smallest absolute Gasteiger partial charge is 0.310 e. The maximum atomic E-state index is 11.8. The Morgan fingerprint density at radius 1 is 1.26 bits per heavy atom. The summed E-state index contributed by atoms with van der Waals surface area (Å²) < 4.78 is 4.76. The molecule has 0 spiro atoms. The molecule has 0 amide bonds. The summed E-state index contributed by atoms with van der Waals surface area (Å²) in [4.78, 5) is 34.9. The Morgan fingerprint density at radius 3 is 2.58 bits per heavy atom. The number of fused-ring (bicyclic) bond motifs is 1. The SMILES string of the molecule is CCOC(=O)Cc1cccc2c1C(=O)C(O)(O)C2=O. The number of Topliss-reactive ketones (excluding diaryl/α,β-unsaturated/α-hetero) is 2. The van der Waals surface area contributed by atoms with Gasteiger partial charge in [-0.2, -0.15) is 0 Å². The van der Waals surface area contributed by atoms with E-state index in [4.69, 9.17) is 4.74 Å². The number of esters is 1. The van der Waals surface area contributed by atoms with Crippen LogP contribution in [-0.2, 0) is 16.0 Å². The number of ether oxygens (including phenoxy) is 1. The third kappa shape index (κ3) is 2.05. The lowest BCUT2D eigenvalue weighted by molar-refractivity contribution is -0.142. The second-order valence-corrected chi connectivity index (χ2v) is 4.15. The summed E-state index contributed by atoms with van der Waals surface area (Å²) >= 11 is 0. The lowest BCUT2D eigenvalue weighted by Crippen LogP contribution is -2.40. The summed E-state index contributed by atoms with van der Waals surface area (Å²) in [6.45, 7) is 1.85. The van der Waals surface area contributed by atoms with Crippen molar-refractivity contribution in [3.8, 4) is 0 Å². The number of hydrogen-bond donors (Lipinski definition) is 2. The van der Waals surface area contributed by atoms with Gasteiger partial charge in [-0.3, -0.25) is 14.4 Å². The first-order valence-electron chi connectivity index (χ1n) is 5.71. The van der Waals surface area contributed by atoms with Crippen LogP contribution in [0.25, 0.3) is 0 Å². The molecule has 19 heavy (non-hydrogen) atoms. The van der Waals surface area contributed by atoms with Gasteiger partial charge in [0.05, 0.1) is 13.0 Å². The van der Waals surface area contributed by atoms with Crippen LogP contribution in [-0.4, -0.2) is 40.1 Å². The normalized spacial score (nSPS) is 16.4. The molecule has 0 heterocycles. The molecular weight excluding hydrogens is 252 g/mol. The zero-order valence-corrected chi connectivity index (χ0v) is 10.2. The maximum Gasteiger partial charge on any atom is 0.310 e. The average Bonchev–Trinajstić information content (AvgIpc) is 2.52. The van der Waals surface area contributed by atoms with Gasteiger partial charge in [-0.15, -0.1) is 0 Å². The van der Waals surface area contributed by atoms with Gasteiger partial charge < -0.3 is 14.9 Å². The molecule has 1 aliphatic rings. The van der Waals surface area contributed by atoms with E-state index in [0.717, 1.165) is 0 Å². The molecule has 2 rings (SSSR count). The van der Waals surface area contributed by atoms with Crippen molar-refractivity contribution in [1.82, 2.24) is 0 Å². The quantitative estimate of drug-likeness (QED) is 0.447. The van der Waals surface area contributed by atoms with E-state index < -0.39 is 23.3 Å². The predicted octanol–water partition coefficient (Wildman–Crippen LogP) is -0.148. The van der Waals surface area contributed by atoms with Gasteiger partial charge in [0, 0.05) is 11.1 Å². The highest BCUT2D eigenvalue weighted by atomic mass is 16.5. The molecule has 100 valence electrons. The van der Waals surface area contributed by atoms with Gasteiger partial charge in [0.15, 0.2) is 0 Å². The van der Waals surface area contributed by atoms with Crippen LogP contribution in [0.2, 0.25) is 0 Å². The van der Waals surface area contributed by atoms with E-state index in [1.807, 2.05) is 0 Å². The molecule has 0 aromatic heterocycles. The summed E-state index contributed by atoms with van der Waals surface area (Å²) in [7, 11) is 0. The van der Waals surface area contributed by atoms with Gasteiger partial charge in [-0.05, 0) is 12.5 Å². The second kappa shape index (κ2) is 4.56. The minimum atomic E-state index is -3.03. The molecule has 6 nitrogen and oxygen atoms in total. The third-order valence-electron chi connectivity index (χ3n) is 2.90. The summed E-state index contributed by atoms with van der Waals surface area (Å²) in [5.41, 5.74) is 0.0432. The number of carbonyl (C=O) groups excluding carboxylic acids is 3. The van der Waals surface area contributed by atoms with E-state index in [-0.39, 0.29) is 29.7 Å². The molecule has 0 atom stereocenters. The molecule has 1 aromatic rings. The van der Waals surface area contributed by atoms with Crippen LogP contribution in [0.15, 0.2) is 18.2 Å². The van der Waals surface area contributed by atoms with Gasteiger partial charge in [0.25, 0.3) is 5.79 Å². The number of hydrogen-bond acceptors (Lipinski definition) is 6. The van der Waals surface area contributed by atoms with Crippen LogP contribution < -0.4 is 0 Å². The van der Waals surface area contributed by atoms with E-state index >= 15 is 0 Å². The first-order chi connectivity index (χ1) is 8.89. The largest absolute Gasteiger partial charge is 0.466 e. The maximum absolute atomic E-state index is 11.8. The van der Waals surface area contributed by atoms with E-state index in [1.54, 1.807) is 6.92 Å². The molecule has 0 saturated heterocycles. The first-order valence-corrected chi connectivity index (χ1v) is 5.71. The van der Waals surface area contributed by atoms with Crippen molar-refractivity contribution in [1.29, 1.82) is 0 Å². The van der Waals surface area contributed by atoms with Crippen LogP contribution in [0.5, 0.6) is 0 Å². The van der Waals surface area contributed by atoms with Crippen molar-refractivity contribution in [2.75, 3.05) is 6.61 Å². The molecule has 2 N–H and O–H groups in total. The Hall–Kier alpha value is -2.05. The van der Waals surface area contributed by atoms with Crippen LogP contribution in [0.3, 0.4) is 0 Å². The van der Waals surface area contributed by atoms with Gasteiger partial charge in [-0.25, -0.2) is 0 Å². The summed E-state index contributed by atoms with van der Waals surface area (Å²) in [6, 6.07) is 4.26. The standard InChI is InChI=1S/C13H12O6/c1-2-19-9(14)6-7-4-3-5-8-10(7)12(16)13(17,18)11(8)15/h3-5,17-18H,2,6H2,1H3. The monoisotopic (exact) mass is 264 g/mol. The lowest BCUT2D eigenvalue weighted by atomic mass is 10.00. The fourth-order valence-corrected chi connectivity index (χ4v) is 2.04. The van der Waals surface area contributed by atoms with E-state index in [9.17, 15) is 24.6 Å². The number of carbonyl (C=O) groups is 3. The van der Waals surface area contributed by atoms with Crippen LogP contribution in [0.4, 0.5) is 0 Å². The summed E-state index contributed by atoms with van der Waals surface area (Å²) in [5, 5.41) is 18.9. The van der Waals surface area contributed by atoms with Gasteiger partial charge in [0.2, 0.25) is 11.6 Å². The highest BCUT2D eigenvalue weighted by Gasteiger charge is 2.51. The lowest BCUT2D eigenvalue weighted by Gasteiger charge is -2.09. The van der Waals surface area contributed by atoms with Crippen molar-refractivity contribution in [3.05, 3.63) is 34.9 Å². The molecule has 0 bridgehead atoms. The van der Waals surface area contributed by atoms with E-state index in [0.29, 0.717) is 0 Å². The second-order valence-electron chi connectivity index (χ2n) is 4.15. The molecule has 1 aliphatic carbocycles. The van der Waals surface area contributed by atoms with Gasteiger partial charge >= 0.3 is 5.97 Å². The van der Waals surface area contributed by atoms with Crippen molar-refractivity contribution in [3.63, 3.8) is 0 Å². The van der Waals surface area contributed by atoms with Crippen molar-refractivity contribution in [2.45, 2.75) is 19.1 Å². The fraction of sp³-hybridized carbons (Fsp3) is 0.308. The zero-order chi connectivity index (χ0) is 14.2. The minimum absolute atomic E-state index is 0.0863. The van der Waals surface area contributed by atoms with Crippen molar-refractivity contribution >= 4 is 17.5 Å². The van der Waals surface area contributed by atoms with E-state index in [2.05, 4.69) is 0 Å². The van der Waals surface area contributed by atoms with Gasteiger partial charge in [-0.1, -0.05) is 18.2 Å². The highest BCUT2D eigenvalue weighted by molar-refractivity contribution is 6.31. The van der Waals surface area contributed by atoms with Gasteiger partial charge in [0.1, 0.15) is 0 Å². The minimum Gasteiger partial charge on any atom is -0.466 e. The number of ketones is 2. The Kier molecular flexibility index (Phi) is 3.21. The molecular formula is C13H12O6. The molecule has 1 aromatic carbocycles. The molecule has 0 saturated carbocycles. The molecule has 0 radical (unpaired) electrons. The number of aliphatic hydroxyl groups is 2. The van der Waals surface area contributed by atoms with Crippen LogP contribution in [0.1, 0.15) is 33.2 Å². The molecule has 0 aliphatic heterocycles. The Labute approximate surface area is 108 Å². The molecule has 0 unspecified atom stereocenters. The number of rotatable bonds is 3. The predicted molar refractivity (Wildman–Crippen MR) is 62.6 cm³/mol. The summed E-state index contributed by atoms with van der Waals surface area (Å²) in [5.74, 6) is -5.76.